The van der Waals surface area contributed by atoms with Crippen molar-refractivity contribution < 1.29 is 19.4 Å². The first-order chi connectivity index (χ1) is 10.9. The number of likely N-dealkylation sites (N-methyl/N-ethyl adjacent to an activating group) is 1. The van der Waals surface area contributed by atoms with Crippen molar-refractivity contribution in [1.82, 2.24) is 0 Å². The Morgan fingerprint density at radius 3 is 2.25 bits per heavy atom. The molecule has 0 heterocycles. The Balaban J connectivity index is 3.85. The minimum atomic E-state index is -1.11. The van der Waals surface area contributed by atoms with Gasteiger partial charge in [0.1, 0.15) is 12.6 Å². The second kappa shape index (κ2) is 10.9. The van der Waals surface area contributed by atoms with Crippen molar-refractivity contribution in [3.63, 3.8) is 0 Å². The molecular formula is C19H44NO3Si+. The van der Waals surface area contributed by atoms with Gasteiger partial charge in [0, 0.05) is 27.7 Å². The predicted octanol–water partition coefficient (Wildman–Crippen LogP) is 3.36. The molecule has 0 aromatic carbocycles. The average molecular weight is 363 g/mol. The number of aliphatic hydroxyl groups excluding tert-OH is 2. The first kappa shape index (κ1) is 24.1. The Morgan fingerprint density at radius 2 is 1.71 bits per heavy atom. The molecule has 0 aromatic rings. The molecule has 0 aliphatic heterocycles. The molecule has 4 nitrogen and oxygen atoms in total. The molecule has 146 valence electrons. The first-order valence-electron chi connectivity index (χ1n) is 9.56. The number of aliphatic hydroxyl groups is 2. The van der Waals surface area contributed by atoms with E-state index < -0.39 is 14.2 Å². The topological polar surface area (TPSA) is 49.7 Å². The molecule has 2 N–H and O–H groups in total. The summed E-state index contributed by atoms with van der Waals surface area (Å²) < 4.78 is 6.42. The number of quaternary nitrogens is 1. The van der Waals surface area contributed by atoms with Gasteiger partial charge in [0.05, 0.1) is 27.2 Å². The van der Waals surface area contributed by atoms with E-state index in [1.807, 2.05) is 0 Å². The molecule has 0 saturated heterocycles. The molecule has 0 fully saturated rings. The zero-order valence-corrected chi connectivity index (χ0v) is 18.4. The third-order valence-corrected chi connectivity index (χ3v) is 7.94. The molecule has 0 spiro atoms. The number of hydrogen-bond acceptors (Lipinski definition) is 3. The maximum atomic E-state index is 10.1. The fourth-order valence-corrected chi connectivity index (χ4v) is 5.70. The Kier molecular flexibility index (Phi) is 10.9. The van der Waals surface area contributed by atoms with Crippen LogP contribution >= 0.6 is 0 Å². The monoisotopic (exact) mass is 362 g/mol. The summed E-state index contributed by atoms with van der Waals surface area (Å²) in [6.07, 6.45) is 2.77. The van der Waals surface area contributed by atoms with Gasteiger partial charge in [-0.1, -0.05) is 52.4 Å². The van der Waals surface area contributed by atoms with E-state index in [1.54, 1.807) is 0 Å². The standard InChI is InChI=1S/C19H44NO3Si/c1-19(2,3)10-15-24(6,7)14-9-13-23-17-18(22)16-20(4,5)11-8-12-21/h18,21-22H,8-17H2,1-7H3/q+1. The summed E-state index contributed by atoms with van der Waals surface area (Å²) >= 11 is 0. The van der Waals surface area contributed by atoms with Crippen molar-refractivity contribution in [2.75, 3.05) is 47.0 Å². The minimum Gasteiger partial charge on any atom is -0.396 e. The summed E-state index contributed by atoms with van der Waals surface area (Å²) in [5, 5.41) is 19.0. The maximum absolute atomic E-state index is 10.1. The van der Waals surface area contributed by atoms with Crippen molar-refractivity contribution in [3.05, 3.63) is 0 Å². The van der Waals surface area contributed by atoms with Gasteiger partial charge in [0.25, 0.3) is 0 Å². The lowest BCUT2D eigenvalue weighted by Gasteiger charge is -2.31. The lowest BCUT2D eigenvalue weighted by molar-refractivity contribution is -0.893. The minimum absolute atomic E-state index is 0.211. The van der Waals surface area contributed by atoms with E-state index in [0.717, 1.165) is 30.5 Å². The molecule has 1 unspecified atom stereocenters. The number of rotatable bonds is 13. The Labute approximate surface area is 151 Å². The molecule has 0 bridgehead atoms. The van der Waals surface area contributed by atoms with Crippen LogP contribution in [0.4, 0.5) is 0 Å². The number of nitrogens with zero attached hydrogens (tertiary/aromatic N) is 1. The highest BCUT2D eigenvalue weighted by molar-refractivity contribution is 6.77. The fourth-order valence-electron chi connectivity index (χ4n) is 2.92. The van der Waals surface area contributed by atoms with E-state index in [0.29, 0.717) is 18.6 Å². The molecule has 0 saturated carbocycles. The molecule has 24 heavy (non-hydrogen) atoms. The molecular weight excluding hydrogens is 318 g/mol. The van der Waals surface area contributed by atoms with Gasteiger partial charge in [-0.05, 0) is 11.8 Å². The molecule has 0 rings (SSSR count). The Bertz CT molecular complexity index is 327. The summed E-state index contributed by atoms with van der Waals surface area (Å²) in [7, 11) is 3.06. The zero-order valence-electron chi connectivity index (χ0n) is 17.4. The summed E-state index contributed by atoms with van der Waals surface area (Å²) in [4.78, 5) is 0. The van der Waals surface area contributed by atoms with Crippen molar-refractivity contribution in [2.24, 2.45) is 5.41 Å². The van der Waals surface area contributed by atoms with Gasteiger partial charge in [-0.25, -0.2) is 0 Å². The highest BCUT2D eigenvalue weighted by Gasteiger charge is 2.23. The van der Waals surface area contributed by atoms with Crippen molar-refractivity contribution in [3.8, 4) is 0 Å². The molecule has 0 aromatic heterocycles. The Hall–Kier alpha value is 0.0569. The van der Waals surface area contributed by atoms with Crippen LogP contribution in [0.1, 0.15) is 40.0 Å². The van der Waals surface area contributed by atoms with E-state index >= 15 is 0 Å². The van der Waals surface area contributed by atoms with Gasteiger partial charge >= 0.3 is 0 Å². The fraction of sp³-hybridized carbons (Fsp3) is 1.00. The van der Waals surface area contributed by atoms with Crippen LogP contribution in [0, 0.1) is 5.41 Å². The molecule has 0 amide bonds. The van der Waals surface area contributed by atoms with E-state index in [1.165, 1.54) is 18.5 Å². The van der Waals surface area contributed by atoms with Crippen LogP contribution in [0.3, 0.4) is 0 Å². The van der Waals surface area contributed by atoms with E-state index in [4.69, 9.17) is 9.84 Å². The van der Waals surface area contributed by atoms with Gasteiger partial charge in [-0.15, -0.1) is 0 Å². The highest BCUT2D eigenvalue weighted by Crippen LogP contribution is 2.28. The first-order valence-corrected chi connectivity index (χ1v) is 13.0. The van der Waals surface area contributed by atoms with Gasteiger partial charge in [-0.3, -0.25) is 0 Å². The van der Waals surface area contributed by atoms with Gasteiger partial charge < -0.3 is 19.4 Å². The van der Waals surface area contributed by atoms with E-state index in [-0.39, 0.29) is 6.61 Å². The van der Waals surface area contributed by atoms with Crippen LogP contribution in [0.2, 0.25) is 25.2 Å². The lowest BCUT2D eigenvalue weighted by atomic mass is 9.94. The van der Waals surface area contributed by atoms with E-state index in [9.17, 15) is 5.11 Å². The third kappa shape index (κ3) is 14.4. The molecule has 0 aliphatic carbocycles. The van der Waals surface area contributed by atoms with E-state index in [2.05, 4.69) is 48.0 Å². The van der Waals surface area contributed by atoms with Gasteiger partial charge in [0.2, 0.25) is 0 Å². The van der Waals surface area contributed by atoms with Crippen LogP contribution in [0.25, 0.3) is 0 Å². The van der Waals surface area contributed by atoms with Crippen molar-refractivity contribution in [1.29, 1.82) is 0 Å². The third-order valence-electron chi connectivity index (χ3n) is 4.63. The van der Waals surface area contributed by atoms with Crippen molar-refractivity contribution >= 4 is 8.07 Å². The normalized spacial score (nSPS) is 14.9. The highest BCUT2D eigenvalue weighted by atomic mass is 28.3. The SMILES string of the molecule is CC(C)(C)CC[Si](C)(C)CCCOCC(O)C[N+](C)(C)CCCO. The number of ether oxygens (including phenoxy) is 1. The van der Waals surface area contributed by atoms with Gasteiger partial charge in [0.15, 0.2) is 0 Å². The van der Waals surface area contributed by atoms with Gasteiger partial charge in [-0.2, -0.15) is 0 Å². The zero-order chi connectivity index (χ0) is 18.9. The predicted molar refractivity (Wildman–Crippen MR) is 106 cm³/mol. The molecule has 1 atom stereocenters. The van der Waals surface area contributed by atoms with Crippen molar-refractivity contribution in [2.45, 2.75) is 71.3 Å². The summed E-state index contributed by atoms with van der Waals surface area (Å²) in [5.74, 6) is 0. The van der Waals surface area contributed by atoms with Crippen LogP contribution in [0.15, 0.2) is 0 Å². The summed E-state index contributed by atoms with van der Waals surface area (Å²) in [5.41, 5.74) is 0.436. The lowest BCUT2D eigenvalue weighted by Crippen LogP contribution is -2.47. The largest absolute Gasteiger partial charge is 0.396 e. The maximum Gasteiger partial charge on any atom is 0.126 e. The second-order valence-electron chi connectivity index (χ2n) is 9.98. The van der Waals surface area contributed by atoms with Crippen LogP contribution in [-0.2, 0) is 4.74 Å². The summed E-state index contributed by atoms with van der Waals surface area (Å²) in [6, 6.07) is 2.69. The van der Waals surface area contributed by atoms with Crippen LogP contribution in [-0.4, -0.2) is 75.9 Å². The average Bonchev–Trinajstić information content (AvgIpc) is 2.41. The van der Waals surface area contributed by atoms with Crippen LogP contribution in [0.5, 0.6) is 0 Å². The number of hydrogen-bond donors (Lipinski definition) is 2. The summed E-state index contributed by atoms with van der Waals surface area (Å²) in [6.45, 7) is 14.9. The quantitative estimate of drug-likeness (QED) is 0.300. The molecule has 0 radical (unpaired) electrons. The van der Waals surface area contributed by atoms with Crippen LogP contribution < -0.4 is 0 Å². The Morgan fingerprint density at radius 1 is 1.08 bits per heavy atom. The molecule has 0 aliphatic rings. The second-order valence-corrected chi connectivity index (χ2v) is 15.3. The smallest absolute Gasteiger partial charge is 0.126 e. The molecule has 5 heteroatoms.